The van der Waals surface area contributed by atoms with E-state index in [0.717, 1.165) is 49.5 Å². The van der Waals surface area contributed by atoms with Crippen LogP contribution in [0.25, 0.3) is 6.08 Å². The van der Waals surface area contributed by atoms with Crippen molar-refractivity contribution in [3.8, 4) is 5.75 Å². The van der Waals surface area contributed by atoms with Gasteiger partial charge in [0.2, 0.25) is 0 Å². The zero-order valence-electron chi connectivity index (χ0n) is 21.2. The zero-order chi connectivity index (χ0) is 25.2. The van der Waals surface area contributed by atoms with Crippen LogP contribution in [0.3, 0.4) is 0 Å². The summed E-state index contributed by atoms with van der Waals surface area (Å²) in [5.41, 5.74) is 10.2. The predicted octanol–water partition coefficient (Wildman–Crippen LogP) is 6.21. The summed E-state index contributed by atoms with van der Waals surface area (Å²) in [7, 11) is 3.66. The Morgan fingerprint density at radius 1 is 1.09 bits per heavy atom. The van der Waals surface area contributed by atoms with Crippen LogP contribution in [-0.2, 0) is 0 Å². The Morgan fingerprint density at radius 2 is 1.73 bits per heavy atom. The van der Waals surface area contributed by atoms with Gasteiger partial charge >= 0.3 is 0 Å². The SMILES string of the molecule is C=C.C=Cc1cc(C)c(C)c(OC)c1.CCC(CCN)C(CNC)CNc1ccc(F)cc1. The number of hydrogen-bond donors (Lipinski definition) is 3. The molecule has 2 aromatic rings. The molecule has 0 bridgehead atoms. The lowest BCUT2D eigenvalue weighted by Crippen LogP contribution is -2.32. The van der Waals surface area contributed by atoms with Gasteiger partial charge in [0.25, 0.3) is 0 Å². The molecule has 0 saturated heterocycles. The molecule has 2 rings (SSSR count). The lowest BCUT2D eigenvalue weighted by atomic mass is 9.87. The largest absolute Gasteiger partial charge is 0.496 e. The number of anilines is 1. The number of nitrogens with one attached hydrogen (secondary N) is 2. The highest BCUT2D eigenvalue weighted by Gasteiger charge is 2.18. The highest BCUT2D eigenvalue weighted by molar-refractivity contribution is 5.54. The van der Waals surface area contributed by atoms with Crippen LogP contribution in [0, 0.1) is 31.5 Å². The number of benzene rings is 2. The van der Waals surface area contributed by atoms with Gasteiger partial charge in [0, 0.05) is 12.2 Å². The quantitative estimate of drug-likeness (QED) is 0.351. The minimum absolute atomic E-state index is 0.202. The molecule has 0 heterocycles. The Bertz CT molecular complexity index is 792. The number of ether oxygens (including phenoxy) is 1. The first-order valence-corrected chi connectivity index (χ1v) is 11.5. The molecular weight excluding hydrogens is 413 g/mol. The Hall–Kier alpha value is -2.63. The molecular formula is C28H44FN3O. The molecule has 0 amide bonds. The predicted molar refractivity (Wildman–Crippen MR) is 144 cm³/mol. The van der Waals surface area contributed by atoms with Gasteiger partial charge in [-0.25, -0.2) is 4.39 Å². The maximum atomic E-state index is 12.8. The summed E-state index contributed by atoms with van der Waals surface area (Å²) in [5.74, 6) is 1.88. The smallest absolute Gasteiger partial charge is 0.123 e. The number of hydrogen-bond acceptors (Lipinski definition) is 4. The average Bonchev–Trinajstić information content (AvgIpc) is 2.84. The summed E-state index contributed by atoms with van der Waals surface area (Å²) < 4.78 is 18.1. The summed E-state index contributed by atoms with van der Waals surface area (Å²) in [4.78, 5) is 0. The fourth-order valence-corrected chi connectivity index (χ4v) is 3.66. The summed E-state index contributed by atoms with van der Waals surface area (Å²) >= 11 is 0. The molecule has 2 aromatic carbocycles. The third-order valence-electron chi connectivity index (χ3n) is 5.71. The second-order valence-corrected chi connectivity index (χ2v) is 7.82. The number of rotatable bonds is 11. The molecule has 0 saturated carbocycles. The van der Waals surface area contributed by atoms with Crippen molar-refractivity contribution in [1.82, 2.24) is 5.32 Å². The highest BCUT2D eigenvalue weighted by Crippen LogP contribution is 2.23. The van der Waals surface area contributed by atoms with E-state index in [1.165, 1.54) is 23.3 Å². The van der Waals surface area contributed by atoms with Crippen LogP contribution >= 0.6 is 0 Å². The van der Waals surface area contributed by atoms with Crippen molar-refractivity contribution in [3.63, 3.8) is 0 Å². The number of nitrogens with two attached hydrogens (primary N) is 1. The van der Waals surface area contributed by atoms with Crippen molar-refractivity contribution < 1.29 is 9.13 Å². The topological polar surface area (TPSA) is 59.3 Å². The Kier molecular flexibility index (Phi) is 16.4. The van der Waals surface area contributed by atoms with Crippen LogP contribution in [-0.4, -0.2) is 33.8 Å². The van der Waals surface area contributed by atoms with Gasteiger partial charge in [-0.2, -0.15) is 0 Å². The summed E-state index contributed by atoms with van der Waals surface area (Å²) in [6.45, 7) is 18.6. The van der Waals surface area contributed by atoms with E-state index in [1.54, 1.807) is 19.2 Å². The molecule has 4 nitrogen and oxygen atoms in total. The van der Waals surface area contributed by atoms with E-state index in [4.69, 9.17) is 10.5 Å². The average molecular weight is 458 g/mol. The van der Waals surface area contributed by atoms with Crippen molar-refractivity contribution in [2.75, 3.05) is 39.1 Å². The highest BCUT2D eigenvalue weighted by atomic mass is 19.1. The van der Waals surface area contributed by atoms with E-state index >= 15 is 0 Å². The minimum atomic E-state index is -0.202. The lowest BCUT2D eigenvalue weighted by molar-refractivity contribution is 0.313. The van der Waals surface area contributed by atoms with Gasteiger partial charge in [0.05, 0.1) is 7.11 Å². The Labute approximate surface area is 201 Å². The van der Waals surface area contributed by atoms with Gasteiger partial charge in [0.15, 0.2) is 0 Å². The molecule has 0 aromatic heterocycles. The van der Waals surface area contributed by atoms with Crippen LogP contribution in [0.5, 0.6) is 5.75 Å². The van der Waals surface area contributed by atoms with Gasteiger partial charge in [-0.1, -0.05) is 32.1 Å². The molecule has 5 heteroatoms. The molecule has 184 valence electrons. The zero-order valence-corrected chi connectivity index (χ0v) is 21.2. The van der Waals surface area contributed by atoms with Crippen LogP contribution in [0.1, 0.15) is 36.5 Å². The van der Waals surface area contributed by atoms with E-state index in [9.17, 15) is 4.39 Å². The molecule has 33 heavy (non-hydrogen) atoms. The first-order valence-electron chi connectivity index (χ1n) is 11.5. The van der Waals surface area contributed by atoms with Crippen molar-refractivity contribution in [2.45, 2.75) is 33.6 Å². The van der Waals surface area contributed by atoms with E-state index in [1.807, 2.05) is 19.2 Å². The molecule has 0 aliphatic carbocycles. The number of halogens is 1. The standard InChI is InChI=1S/C15H26FN3.C11H14O.C2H4/c1-3-12(8-9-17)13(10-18-2)11-19-15-6-4-14(16)5-7-15;1-5-10-6-8(2)9(3)11(7-10)12-4;1-2/h4-7,12-13,18-19H,3,8-11,17H2,1-2H3;5-7H,1H2,2-4H3;1-2H2. The second kappa shape index (κ2) is 17.9. The fraction of sp³-hybridized carbons (Fsp3) is 0.429. The summed E-state index contributed by atoms with van der Waals surface area (Å²) in [6, 6.07) is 10.6. The van der Waals surface area contributed by atoms with Gasteiger partial charge in [-0.3, -0.25) is 0 Å². The first-order chi connectivity index (χ1) is 15.9. The number of aryl methyl sites for hydroxylation is 1. The van der Waals surface area contributed by atoms with E-state index in [2.05, 4.69) is 57.2 Å². The fourth-order valence-electron chi connectivity index (χ4n) is 3.66. The molecule has 0 spiro atoms. The lowest BCUT2D eigenvalue weighted by Gasteiger charge is -2.26. The van der Waals surface area contributed by atoms with Gasteiger partial charge in [-0.15, -0.1) is 13.2 Å². The van der Waals surface area contributed by atoms with Crippen LogP contribution in [0.2, 0.25) is 0 Å². The van der Waals surface area contributed by atoms with E-state index in [-0.39, 0.29) is 5.82 Å². The minimum Gasteiger partial charge on any atom is -0.496 e. The van der Waals surface area contributed by atoms with Crippen molar-refractivity contribution in [3.05, 3.63) is 78.6 Å². The van der Waals surface area contributed by atoms with Crippen molar-refractivity contribution in [1.29, 1.82) is 0 Å². The third-order valence-corrected chi connectivity index (χ3v) is 5.71. The number of methoxy groups -OCH3 is 1. The van der Waals surface area contributed by atoms with Crippen LogP contribution in [0.15, 0.2) is 56.1 Å². The molecule has 0 aliphatic heterocycles. The first kappa shape index (κ1) is 30.4. The molecule has 2 atom stereocenters. The third kappa shape index (κ3) is 11.2. The second-order valence-electron chi connectivity index (χ2n) is 7.82. The Balaban J connectivity index is 0.000000627. The maximum Gasteiger partial charge on any atom is 0.123 e. The van der Waals surface area contributed by atoms with Crippen LogP contribution < -0.4 is 21.1 Å². The summed E-state index contributed by atoms with van der Waals surface area (Å²) in [6.07, 6.45) is 4.01. The van der Waals surface area contributed by atoms with Gasteiger partial charge in [0.1, 0.15) is 11.6 Å². The monoisotopic (exact) mass is 457 g/mol. The normalized spacial score (nSPS) is 11.7. The van der Waals surface area contributed by atoms with E-state index < -0.39 is 0 Å². The molecule has 0 fully saturated rings. The molecule has 0 radical (unpaired) electrons. The van der Waals surface area contributed by atoms with Crippen molar-refractivity contribution in [2.24, 2.45) is 17.6 Å². The van der Waals surface area contributed by atoms with Gasteiger partial charge < -0.3 is 21.1 Å². The summed E-state index contributed by atoms with van der Waals surface area (Å²) in [5, 5.41) is 6.63. The molecule has 2 unspecified atom stereocenters. The van der Waals surface area contributed by atoms with E-state index in [0.29, 0.717) is 11.8 Å². The van der Waals surface area contributed by atoms with Crippen molar-refractivity contribution >= 4 is 11.8 Å². The van der Waals surface area contributed by atoms with Gasteiger partial charge in [-0.05, 0) is 99.3 Å². The molecule has 0 aliphatic rings. The van der Waals surface area contributed by atoms with Crippen LogP contribution in [0.4, 0.5) is 10.1 Å². The maximum absolute atomic E-state index is 12.8. The Morgan fingerprint density at radius 3 is 2.21 bits per heavy atom. The molecule has 4 N–H and O–H groups in total.